The number of aliphatic hydroxyl groups is 2. The average Bonchev–Trinajstić information content (AvgIpc) is 2.77. The van der Waals surface area contributed by atoms with Gasteiger partial charge < -0.3 is 19.7 Å². The van der Waals surface area contributed by atoms with E-state index in [0.717, 1.165) is 9.79 Å². The van der Waals surface area contributed by atoms with Gasteiger partial charge in [0.2, 0.25) is 0 Å². The molecule has 1 heterocycles. The van der Waals surface area contributed by atoms with Crippen molar-refractivity contribution < 1.29 is 19.7 Å². The van der Waals surface area contributed by atoms with Crippen LogP contribution >= 0.6 is 23.5 Å². The van der Waals surface area contributed by atoms with Crippen molar-refractivity contribution in [1.29, 1.82) is 0 Å². The van der Waals surface area contributed by atoms with Gasteiger partial charge in [0.15, 0.2) is 0 Å². The summed E-state index contributed by atoms with van der Waals surface area (Å²) in [7, 11) is 1.48. The predicted octanol–water partition coefficient (Wildman–Crippen LogP) is 4.10. The molecule has 0 bridgehead atoms. The third kappa shape index (κ3) is 5.31. The zero-order valence-corrected chi connectivity index (χ0v) is 18.4. The molecule has 0 radical (unpaired) electrons. The molecule has 0 amide bonds. The highest BCUT2D eigenvalue weighted by Crippen LogP contribution is 2.41. The fourth-order valence-corrected chi connectivity index (χ4v) is 5.91. The van der Waals surface area contributed by atoms with Crippen molar-refractivity contribution in [2.24, 2.45) is 5.11 Å². The number of methoxy groups -OCH3 is 1. The molecule has 30 heavy (non-hydrogen) atoms. The standard InChI is InChI=1S/C21H25N3O4S2/c1-21(27-2)13-28-18(16(25)19(21)23-24-22)17(26)20(29-14-9-5-3-6-10-14)30-15-11-7-4-8-12-15/h3-12,16-20,25-26H,13H2,1-2H3/t16-,17+,18+,19-,21+/m0/s1. The van der Waals surface area contributed by atoms with Gasteiger partial charge in [0.1, 0.15) is 12.2 Å². The third-order valence-corrected chi connectivity index (χ3v) is 7.79. The van der Waals surface area contributed by atoms with Crippen LogP contribution in [0, 0.1) is 0 Å². The maximum absolute atomic E-state index is 11.3. The van der Waals surface area contributed by atoms with Crippen LogP contribution in [0.4, 0.5) is 0 Å². The van der Waals surface area contributed by atoms with E-state index < -0.39 is 30.0 Å². The molecule has 9 heteroatoms. The van der Waals surface area contributed by atoms with Crippen molar-refractivity contribution in [2.75, 3.05) is 13.7 Å². The van der Waals surface area contributed by atoms with Crippen LogP contribution < -0.4 is 0 Å². The highest BCUT2D eigenvalue weighted by molar-refractivity contribution is 8.17. The molecule has 0 aromatic heterocycles. The van der Waals surface area contributed by atoms with Gasteiger partial charge in [-0.05, 0) is 36.7 Å². The molecule has 2 aromatic rings. The van der Waals surface area contributed by atoms with Crippen LogP contribution in [0.1, 0.15) is 6.92 Å². The van der Waals surface area contributed by atoms with E-state index in [-0.39, 0.29) is 11.2 Å². The van der Waals surface area contributed by atoms with E-state index in [0.29, 0.717) is 0 Å². The van der Waals surface area contributed by atoms with Crippen LogP contribution in [-0.2, 0) is 9.47 Å². The molecule has 1 aliphatic rings. The van der Waals surface area contributed by atoms with Gasteiger partial charge in [-0.25, -0.2) is 0 Å². The van der Waals surface area contributed by atoms with E-state index in [1.807, 2.05) is 60.7 Å². The van der Waals surface area contributed by atoms with Gasteiger partial charge in [-0.1, -0.05) is 41.5 Å². The van der Waals surface area contributed by atoms with E-state index in [2.05, 4.69) is 10.0 Å². The number of ether oxygens (including phenoxy) is 2. The first kappa shape index (κ1) is 23.0. The van der Waals surface area contributed by atoms with Crippen molar-refractivity contribution in [3.05, 3.63) is 71.1 Å². The largest absolute Gasteiger partial charge is 0.390 e. The first-order chi connectivity index (χ1) is 14.5. The Morgan fingerprint density at radius 1 is 1.13 bits per heavy atom. The second-order valence-electron chi connectivity index (χ2n) is 7.15. The Bertz CT molecular complexity index is 812. The van der Waals surface area contributed by atoms with Crippen LogP contribution in [0.15, 0.2) is 75.6 Å². The Morgan fingerprint density at radius 3 is 2.13 bits per heavy atom. The summed E-state index contributed by atoms with van der Waals surface area (Å²) in [5.41, 5.74) is 7.99. The van der Waals surface area contributed by atoms with E-state index in [1.165, 1.54) is 30.6 Å². The van der Waals surface area contributed by atoms with Gasteiger partial charge >= 0.3 is 0 Å². The third-order valence-electron chi connectivity index (χ3n) is 5.10. The van der Waals surface area contributed by atoms with E-state index >= 15 is 0 Å². The SMILES string of the molecule is CO[C@]1(C)CO[C@@H]([C@@H](O)C(Sc2ccccc2)Sc2ccccc2)[C@H](O)[C@@H]1N=[N+]=[N-]. The van der Waals surface area contributed by atoms with Crippen LogP contribution in [-0.4, -0.2) is 58.5 Å². The molecule has 1 saturated heterocycles. The van der Waals surface area contributed by atoms with Gasteiger partial charge in [0.25, 0.3) is 0 Å². The summed E-state index contributed by atoms with van der Waals surface area (Å²) < 4.78 is 10.9. The van der Waals surface area contributed by atoms with E-state index in [4.69, 9.17) is 15.0 Å². The van der Waals surface area contributed by atoms with Crippen LogP contribution in [0.2, 0.25) is 0 Å². The molecule has 3 rings (SSSR count). The lowest BCUT2D eigenvalue weighted by molar-refractivity contribution is -0.207. The van der Waals surface area contributed by atoms with Gasteiger partial charge in [-0.15, -0.1) is 23.5 Å². The molecule has 1 fully saturated rings. The Labute approximate surface area is 184 Å². The second-order valence-corrected chi connectivity index (χ2v) is 9.88. The number of azide groups is 1. The fourth-order valence-electron chi connectivity index (χ4n) is 3.30. The Hall–Kier alpha value is -1.71. The minimum absolute atomic E-state index is 0.0880. The zero-order chi connectivity index (χ0) is 21.6. The van der Waals surface area contributed by atoms with Gasteiger partial charge in [0, 0.05) is 21.8 Å². The highest BCUT2D eigenvalue weighted by atomic mass is 32.2. The summed E-state index contributed by atoms with van der Waals surface area (Å²) in [6, 6.07) is 18.6. The number of hydrogen-bond donors (Lipinski definition) is 2. The number of thioether (sulfide) groups is 2. The number of aliphatic hydroxyl groups excluding tert-OH is 2. The summed E-state index contributed by atoms with van der Waals surface area (Å²) in [6.45, 7) is 1.80. The zero-order valence-electron chi connectivity index (χ0n) is 16.7. The van der Waals surface area contributed by atoms with Crippen molar-refractivity contribution >= 4 is 23.5 Å². The fraction of sp³-hybridized carbons (Fsp3) is 0.429. The molecule has 2 aromatic carbocycles. The lowest BCUT2D eigenvalue weighted by Gasteiger charge is -2.46. The summed E-state index contributed by atoms with van der Waals surface area (Å²) in [5, 5.41) is 25.9. The minimum Gasteiger partial charge on any atom is -0.390 e. The second kappa shape index (κ2) is 10.5. The van der Waals surface area contributed by atoms with Crippen molar-refractivity contribution in [2.45, 2.75) is 51.3 Å². The Balaban J connectivity index is 1.85. The Morgan fingerprint density at radius 2 is 1.67 bits per heavy atom. The molecule has 5 atom stereocenters. The first-order valence-corrected chi connectivity index (χ1v) is 11.2. The van der Waals surface area contributed by atoms with Crippen molar-refractivity contribution in [3.63, 3.8) is 0 Å². The summed E-state index contributed by atoms with van der Waals surface area (Å²) in [6.07, 6.45) is -3.18. The average molecular weight is 448 g/mol. The van der Waals surface area contributed by atoms with Crippen LogP contribution in [0.5, 0.6) is 0 Å². The maximum Gasteiger partial charge on any atom is 0.112 e. The molecule has 0 aliphatic carbocycles. The monoisotopic (exact) mass is 447 g/mol. The van der Waals surface area contributed by atoms with Gasteiger partial charge in [0.05, 0.1) is 28.9 Å². The van der Waals surface area contributed by atoms with Gasteiger partial charge in [-0.2, -0.15) is 0 Å². The minimum atomic E-state index is -1.22. The molecular weight excluding hydrogens is 422 g/mol. The van der Waals surface area contributed by atoms with Crippen LogP contribution in [0.3, 0.4) is 0 Å². The van der Waals surface area contributed by atoms with Gasteiger partial charge in [-0.3, -0.25) is 0 Å². The molecule has 0 spiro atoms. The first-order valence-electron chi connectivity index (χ1n) is 9.49. The van der Waals surface area contributed by atoms with E-state index in [9.17, 15) is 10.2 Å². The number of benzene rings is 2. The lowest BCUT2D eigenvalue weighted by Crippen LogP contribution is -2.63. The van der Waals surface area contributed by atoms with Crippen LogP contribution in [0.25, 0.3) is 10.4 Å². The number of hydrogen-bond acceptors (Lipinski definition) is 7. The Kier molecular flexibility index (Phi) is 8.07. The molecular formula is C21H25N3O4S2. The van der Waals surface area contributed by atoms with Crippen molar-refractivity contribution in [3.8, 4) is 0 Å². The number of rotatable bonds is 8. The maximum atomic E-state index is 11.3. The molecule has 0 unspecified atom stereocenters. The molecule has 0 saturated carbocycles. The molecule has 2 N–H and O–H groups in total. The highest BCUT2D eigenvalue weighted by Gasteiger charge is 2.50. The van der Waals surface area contributed by atoms with Crippen molar-refractivity contribution in [1.82, 2.24) is 0 Å². The number of nitrogens with zero attached hydrogens (tertiary/aromatic N) is 3. The van der Waals surface area contributed by atoms with E-state index in [1.54, 1.807) is 6.92 Å². The smallest absolute Gasteiger partial charge is 0.112 e. The quantitative estimate of drug-likeness (QED) is 0.207. The normalized spacial score (nSPS) is 27.4. The summed E-state index contributed by atoms with van der Waals surface area (Å²) in [4.78, 5) is 4.84. The lowest BCUT2D eigenvalue weighted by atomic mass is 9.86. The summed E-state index contributed by atoms with van der Waals surface area (Å²) in [5.74, 6) is 0. The predicted molar refractivity (Wildman–Crippen MR) is 118 cm³/mol. The molecule has 7 nitrogen and oxygen atoms in total. The summed E-state index contributed by atoms with van der Waals surface area (Å²) >= 11 is 2.99. The molecule has 160 valence electrons. The topological polar surface area (TPSA) is 108 Å². The molecule has 1 aliphatic heterocycles.